The predicted molar refractivity (Wildman–Crippen MR) is 83.8 cm³/mol. The third kappa shape index (κ3) is 3.86. The zero-order valence-electron chi connectivity index (χ0n) is 12.1. The van der Waals surface area contributed by atoms with Crippen LogP contribution in [-0.2, 0) is 0 Å². The first-order valence-corrected chi connectivity index (χ1v) is 7.72. The molecule has 0 aromatic heterocycles. The van der Waals surface area contributed by atoms with Crippen LogP contribution in [0.4, 0.5) is 11.4 Å². The number of aliphatic hydroxyl groups is 1. The Kier molecular flexibility index (Phi) is 5.06. The van der Waals surface area contributed by atoms with E-state index in [2.05, 4.69) is 12.2 Å². The fraction of sp³-hybridized carbons (Fsp3) is 0.600. The molecule has 1 saturated carbocycles. The highest BCUT2D eigenvalue weighted by Crippen LogP contribution is 2.36. The van der Waals surface area contributed by atoms with Crippen LogP contribution in [0.3, 0.4) is 0 Å². The number of anilines is 1. The van der Waals surface area contributed by atoms with E-state index >= 15 is 0 Å². The quantitative estimate of drug-likeness (QED) is 0.636. The van der Waals surface area contributed by atoms with Crippen molar-refractivity contribution in [2.24, 2.45) is 5.92 Å². The van der Waals surface area contributed by atoms with E-state index in [1.165, 1.54) is 6.07 Å². The molecule has 0 heterocycles. The topological polar surface area (TPSA) is 75.4 Å². The highest BCUT2D eigenvalue weighted by Gasteiger charge is 2.33. The molecule has 1 fully saturated rings. The summed E-state index contributed by atoms with van der Waals surface area (Å²) in [6.45, 7) is 2.45. The van der Waals surface area contributed by atoms with Gasteiger partial charge in [-0.05, 0) is 37.7 Å². The Bertz CT molecular complexity index is 514. The fourth-order valence-corrected chi connectivity index (χ4v) is 3.13. The molecule has 1 aliphatic carbocycles. The predicted octanol–water partition coefficient (Wildman–Crippen LogP) is 3.99. The van der Waals surface area contributed by atoms with Gasteiger partial charge in [0.15, 0.2) is 0 Å². The van der Waals surface area contributed by atoms with Gasteiger partial charge in [0.2, 0.25) is 0 Å². The van der Waals surface area contributed by atoms with Crippen molar-refractivity contribution in [2.45, 2.75) is 44.6 Å². The molecule has 21 heavy (non-hydrogen) atoms. The van der Waals surface area contributed by atoms with Crippen molar-refractivity contribution >= 4 is 23.0 Å². The summed E-state index contributed by atoms with van der Waals surface area (Å²) in [6.07, 6.45) is 4.57. The van der Waals surface area contributed by atoms with E-state index in [0.717, 1.165) is 32.1 Å². The number of para-hydroxylation sites is 1. The second-order valence-corrected chi connectivity index (χ2v) is 6.23. The van der Waals surface area contributed by atoms with Crippen LogP contribution in [0.15, 0.2) is 18.2 Å². The molecule has 1 aromatic carbocycles. The van der Waals surface area contributed by atoms with Gasteiger partial charge in [-0.1, -0.05) is 31.0 Å². The van der Waals surface area contributed by atoms with E-state index in [9.17, 15) is 15.2 Å². The van der Waals surface area contributed by atoms with Gasteiger partial charge in [-0.25, -0.2) is 0 Å². The Hall–Kier alpha value is -1.33. The molecule has 0 radical (unpaired) electrons. The molecule has 5 nitrogen and oxygen atoms in total. The molecule has 0 spiro atoms. The van der Waals surface area contributed by atoms with Crippen molar-refractivity contribution in [1.29, 1.82) is 0 Å². The second-order valence-electron chi connectivity index (χ2n) is 5.82. The number of halogens is 1. The third-order valence-electron chi connectivity index (χ3n) is 4.40. The van der Waals surface area contributed by atoms with Gasteiger partial charge in [-0.15, -0.1) is 0 Å². The summed E-state index contributed by atoms with van der Waals surface area (Å²) < 4.78 is 0. The van der Waals surface area contributed by atoms with E-state index in [0.29, 0.717) is 10.9 Å². The Morgan fingerprint density at radius 3 is 2.71 bits per heavy atom. The normalized spacial score (nSPS) is 25.6. The van der Waals surface area contributed by atoms with Crippen LogP contribution in [0, 0.1) is 16.0 Å². The van der Waals surface area contributed by atoms with Crippen LogP contribution in [-0.4, -0.2) is 22.2 Å². The summed E-state index contributed by atoms with van der Waals surface area (Å²) >= 11 is 6.03. The summed E-state index contributed by atoms with van der Waals surface area (Å²) in [5, 5.41) is 24.9. The van der Waals surface area contributed by atoms with Crippen molar-refractivity contribution in [1.82, 2.24) is 0 Å². The zero-order chi connectivity index (χ0) is 15.5. The van der Waals surface area contributed by atoms with Gasteiger partial charge in [0.25, 0.3) is 5.69 Å². The molecule has 2 N–H and O–H groups in total. The number of nitro benzene ring substituents is 1. The summed E-state index contributed by atoms with van der Waals surface area (Å²) in [5.41, 5.74) is -0.581. The maximum atomic E-state index is 11.0. The molecule has 0 bridgehead atoms. The molecule has 6 heteroatoms. The molecule has 0 amide bonds. The number of nitro groups is 1. The van der Waals surface area contributed by atoms with Crippen LogP contribution in [0.5, 0.6) is 0 Å². The maximum absolute atomic E-state index is 11.0. The molecule has 116 valence electrons. The standard InChI is InChI=1S/C15H21ClN2O3/c1-2-11-6-8-15(19,9-7-11)10-17-14-12(16)4-3-5-13(14)18(20)21/h3-5,11,17,19H,2,6-10H2,1H3. The van der Waals surface area contributed by atoms with Gasteiger partial charge >= 0.3 is 0 Å². The van der Waals surface area contributed by atoms with E-state index in [-0.39, 0.29) is 17.9 Å². The number of hydrogen-bond donors (Lipinski definition) is 2. The molecular weight excluding hydrogens is 292 g/mol. The van der Waals surface area contributed by atoms with Crippen LogP contribution < -0.4 is 5.32 Å². The van der Waals surface area contributed by atoms with Gasteiger partial charge in [-0.3, -0.25) is 10.1 Å². The van der Waals surface area contributed by atoms with E-state index < -0.39 is 10.5 Å². The fourth-order valence-electron chi connectivity index (χ4n) is 2.89. The van der Waals surface area contributed by atoms with Crippen molar-refractivity contribution < 1.29 is 10.0 Å². The molecule has 0 unspecified atom stereocenters. The highest BCUT2D eigenvalue weighted by molar-refractivity contribution is 6.33. The molecule has 0 aliphatic heterocycles. The minimum absolute atomic E-state index is 0.0617. The molecule has 1 aliphatic rings. The summed E-state index contributed by atoms with van der Waals surface area (Å²) in [7, 11) is 0. The smallest absolute Gasteiger partial charge is 0.293 e. The minimum atomic E-state index is -0.807. The van der Waals surface area contributed by atoms with Gasteiger partial charge < -0.3 is 10.4 Å². The molecule has 1 aromatic rings. The lowest BCUT2D eigenvalue weighted by Crippen LogP contribution is -2.40. The number of benzene rings is 1. The van der Waals surface area contributed by atoms with E-state index in [4.69, 9.17) is 11.6 Å². The summed E-state index contributed by atoms with van der Waals surface area (Å²) in [5.74, 6) is 0.680. The monoisotopic (exact) mass is 312 g/mol. The second kappa shape index (κ2) is 6.62. The zero-order valence-corrected chi connectivity index (χ0v) is 12.9. The van der Waals surface area contributed by atoms with Gasteiger partial charge in [0.1, 0.15) is 5.69 Å². The van der Waals surface area contributed by atoms with Crippen molar-refractivity contribution in [3.05, 3.63) is 33.3 Å². The SMILES string of the molecule is CCC1CCC(O)(CNc2c(Cl)cccc2[N+](=O)[O-])CC1. The van der Waals surface area contributed by atoms with E-state index in [1.54, 1.807) is 12.1 Å². The molecule has 2 rings (SSSR count). The Labute approximate surface area is 129 Å². The molecule has 0 atom stereocenters. The van der Waals surface area contributed by atoms with E-state index in [1.807, 2.05) is 0 Å². The lowest BCUT2D eigenvalue weighted by atomic mass is 9.78. The van der Waals surface area contributed by atoms with Crippen molar-refractivity contribution in [3.8, 4) is 0 Å². The van der Waals surface area contributed by atoms with Crippen LogP contribution in [0.2, 0.25) is 5.02 Å². The first-order valence-electron chi connectivity index (χ1n) is 7.34. The number of rotatable bonds is 5. The highest BCUT2D eigenvalue weighted by atomic mass is 35.5. The molecular formula is C15H21ClN2O3. The van der Waals surface area contributed by atoms with Crippen LogP contribution >= 0.6 is 11.6 Å². The lowest BCUT2D eigenvalue weighted by molar-refractivity contribution is -0.384. The van der Waals surface area contributed by atoms with Crippen LogP contribution in [0.25, 0.3) is 0 Å². The Balaban J connectivity index is 2.05. The average Bonchev–Trinajstić information content (AvgIpc) is 2.46. The van der Waals surface area contributed by atoms with Crippen molar-refractivity contribution in [2.75, 3.05) is 11.9 Å². The van der Waals surface area contributed by atoms with Crippen LogP contribution in [0.1, 0.15) is 39.0 Å². The van der Waals surface area contributed by atoms with Gasteiger partial charge in [0, 0.05) is 12.6 Å². The van der Waals surface area contributed by atoms with Gasteiger partial charge in [0.05, 0.1) is 15.5 Å². The largest absolute Gasteiger partial charge is 0.388 e. The van der Waals surface area contributed by atoms with Crippen molar-refractivity contribution in [3.63, 3.8) is 0 Å². The Morgan fingerprint density at radius 1 is 1.48 bits per heavy atom. The van der Waals surface area contributed by atoms with Gasteiger partial charge in [-0.2, -0.15) is 0 Å². The number of nitrogens with one attached hydrogen (secondary N) is 1. The summed E-state index contributed by atoms with van der Waals surface area (Å²) in [4.78, 5) is 10.6. The lowest BCUT2D eigenvalue weighted by Gasteiger charge is -2.36. The minimum Gasteiger partial charge on any atom is -0.388 e. The maximum Gasteiger partial charge on any atom is 0.293 e. The Morgan fingerprint density at radius 2 is 2.14 bits per heavy atom. The first kappa shape index (κ1) is 16.0. The summed E-state index contributed by atoms with van der Waals surface area (Å²) in [6, 6.07) is 4.56. The number of hydrogen-bond acceptors (Lipinski definition) is 4. The first-order chi connectivity index (χ1) is 9.95. The third-order valence-corrected chi connectivity index (χ3v) is 4.71. The molecule has 0 saturated heterocycles. The average molecular weight is 313 g/mol. The number of nitrogens with zero attached hydrogens (tertiary/aromatic N) is 1.